The van der Waals surface area contributed by atoms with Crippen molar-refractivity contribution in [1.82, 2.24) is 0 Å². The van der Waals surface area contributed by atoms with Crippen LogP contribution in [0.25, 0.3) is 0 Å². The van der Waals surface area contributed by atoms with Gasteiger partial charge in [0.1, 0.15) is 5.69 Å². The molecule has 0 bridgehead atoms. The second-order valence-electron chi connectivity index (χ2n) is 5.41. The van der Waals surface area contributed by atoms with Crippen molar-refractivity contribution in [3.8, 4) is 0 Å². The van der Waals surface area contributed by atoms with Crippen LogP contribution < -0.4 is 21.5 Å². The van der Waals surface area contributed by atoms with Crippen LogP contribution in [0, 0.1) is 6.92 Å². The van der Waals surface area contributed by atoms with Gasteiger partial charge in [-0.1, -0.05) is 12.1 Å². The molecular weight excluding hydrogens is 252 g/mol. The van der Waals surface area contributed by atoms with Gasteiger partial charge in [-0.2, -0.15) is 0 Å². The van der Waals surface area contributed by atoms with Crippen LogP contribution in [-0.2, 0) is 13.0 Å². The highest BCUT2D eigenvalue weighted by Gasteiger charge is 2.26. The van der Waals surface area contributed by atoms with Gasteiger partial charge in [-0.05, 0) is 43.4 Å². The standard InChI is InChI=1S/C16H18N2O2/c1-10-14(16(20)15(10)19)18-7-3-2-4-12-6-5-11(9-17)8-13(12)18/h5-6,8H,2-4,7,9,17H2,1H3. The summed E-state index contributed by atoms with van der Waals surface area (Å²) in [6, 6.07) is 6.19. The van der Waals surface area contributed by atoms with Crippen molar-refractivity contribution in [3.63, 3.8) is 0 Å². The second-order valence-corrected chi connectivity index (χ2v) is 5.41. The summed E-state index contributed by atoms with van der Waals surface area (Å²) in [4.78, 5) is 25.4. The number of hydrogen-bond donors (Lipinski definition) is 1. The van der Waals surface area contributed by atoms with Gasteiger partial charge in [-0.25, -0.2) is 0 Å². The number of anilines is 2. The zero-order valence-electron chi connectivity index (χ0n) is 11.6. The van der Waals surface area contributed by atoms with Gasteiger partial charge in [0, 0.05) is 24.3 Å². The predicted octanol–water partition coefficient (Wildman–Crippen LogP) is 1.52. The summed E-state index contributed by atoms with van der Waals surface area (Å²) in [6.45, 7) is 3.00. The first-order chi connectivity index (χ1) is 9.63. The summed E-state index contributed by atoms with van der Waals surface area (Å²) in [5.41, 5.74) is 9.50. The van der Waals surface area contributed by atoms with Gasteiger partial charge in [0.15, 0.2) is 0 Å². The lowest BCUT2D eigenvalue weighted by Crippen LogP contribution is -2.41. The fourth-order valence-corrected chi connectivity index (χ4v) is 2.96. The van der Waals surface area contributed by atoms with Gasteiger partial charge < -0.3 is 10.6 Å². The molecule has 0 spiro atoms. The summed E-state index contributed by atoms with van der Waals surface area (Å²) in [7, 11) is 0. The molecule has 0 atom stereocenters. The number of nitrogens with zero attached hydrogens (tertiary/aromatic N) is 1. The van der Waals surface area contributed by atoms with Gasteiger partial charge in [0.2, 0.25) is 10.9 Å². The molecule has 2 N–H and O–H groups in total. The lowest BCUT2D eigenvalue weighted by atomic mass is 10.0. The molecule has 0 fully saturated rings. The Balaban J connectivity index is 2.14. The summed E-state index contributed by atoms with van der Waals surface area (Å²) in [5, 5.41) is 0. The molecule has 20 heavy (non-hydrogen) atoms. The highest BCUT2D eigenvalue weighted by molar-refractivity contribution is 5.72. The molecule has 4 nitrogen and oxygen atoms in total. The van der Waals surface area contributed by atoms with Gasteiger partial charge in [0.25, 0.3) is 0 Å². The molecule has 0 unspecified atom stereocenters. The zero-order chi connectivity index (χ0) is 14.3. The first kappa shape index (κ1) is 13.1. The van der Waals surface area contributed by atoms with Crippen LogP contribution >= 0.6 is 0 Å². The van der Waals surface area contributed by atoms with E-state index in [0.29, 0.717) is 17.8 Å². The van der Waals surface area contributed by atoms with Crippen LogP contribution in [0.3, 0.4) is 0 Å². The van der Waals surface area contributed by atoms with E-state index in [2.05, 4.69) is 12.1 Å². The van der Waals surface area contributed by atoms with Gasteiger partial charge in [-0.15, -0.1) is 0 Å². The molecule has 0 aliphatic carbocycles. The Morgan fingerprint density at radius 2 is 2.00 bits per heavy atom. The minimum atomic E-state index is -0.353. The van der Waals surface area contributed by atoms with E-state index in [9.17, 15) is 9.59 Å². The molecule has 0 amide bonds. The minimum absolute atomic E-state index is 0.347. The van der Waals surface area contributed by atoms with Crippen LogP contribution in [0.15, 0.2) is 27.8 Å². The van der Waals surface area contributed by atoms with Crippen LogP contribution in [0.5, 0.6) is 0 Å². The van der Waals surface area contributed by atoms with E-state index in [0.717, 1.165) is 37.1 Å². The molecule has 2 aromatic rings. The molecule has 0 saturated carbocycles. The van der Waals surface area contributed by atoms with Crippen molar-refractivity contribution in [2.24, 2.45) is 5.73 Å². The Bertz CT molecular complexity index is 726. The monoisotopic (exact) mass is 270 g/mol. The summed E-state index contributed by atoms with van der Waals surface area (Å²) in [6.07, 6.45) is 3.12. The Labute approximate surface area is 117 Å². The Morgan fingerprint density at radius 1 is 1.20 bits per heavy atom. The average molecular weight is 270 g/mol. The maximum Gasteiger partial charge on any atom is 0.249 e. The van der Waals surface area contributed by atoms with E-state index in [-0.39, 0.29) is 10.9 Å². The third-order valence-corrected chi connectivity index (χ3v) is 4.14. The lowest BCUT2D eigenvalue weighted by Gasteiger charge is -2.27. The van der Waals surface area contributed by atoms with Crippen LogP contribution in [0.4, 0.5) is 11.4 Å². The molecule has 4 heteroatoms. The van der Waals surface area contributed by atoms with Crippen LogP contribution in [-0.4, -0.2) is 6.54 Å². The Kier molecular flexibility index (Phi) is 3.18. The maximum atomic E-state index is 11.9. The van der Waals surface area contributed by atoms with E-state index < -0.39 is 0 Å². The van der Waals surface area contributed by atoms with E-state index >= 15 is 0 Å². The fraction of sp³-hybridized carbons (Fsp3) is 0.375. The Hall–Kier alpha value is -1.94. The molecule has 104 valence electrons. The zero-order valence-corrected chi connectivity index (χ0v) is 11.6. The van der Waals surface area contributed by atoms with E-state index in [1.54, 1.807) is 6.92 Å². The highest BCUT2D eigenvalue weighted by atomic mass is 16.2. The molecule has 1 aliphatic rings. The molecule has 3 rings (SSSR count). The van der Waals surface area contributed by atoms with E-state index in [1.807, 2.05) is 11.0 Å². The first-order valence-corrected chi connectivity index (χ1v) is 7.03. The number of fused-ring (bicyclic) bond motifs is 1. The smallest absolute Gasteiger partial charge is 0.249 e. The Morgan fingerprint density at radius 3 is 2.70 bits per heavy atom. The number of hydrogen-bond acceptors (Lipinski definition) is 4. The summed E-state index contributed by atoms with van der Waals surface area (Å²) < 4.78 is 0. The minimum Gasteiger partial charge on any atom is -0.338 e. The topological polar surface area (TPSA) is 63.4 Å². The number of aryl methyl sites for hydroxylation is 1. The quantitative estimate of drug-likeness (QED) is 0.840. The number of rotatable bonds is 2. The lowest BCUT2D eigenvalue weighted by molar-refractivity contribution is 0.758. The first-order valence-electron chi connectivity index (χ1n) is 7.03. The third kappa shape index (κ3) is 1.88. The average Bonchev–Trinajstić information content (AvgIpc) is 2.69. The molecule has 2 aromatic carbocycles. The number of benzene rings is 1. The second kappa shape index (κ2) is 4.87. The van der Waals surface area contributed by atoms with Crippen molar-refractivity contribution in [2.45, 2.75) is 32.7 Å². The molecular formula is C16H18N2O2. The van der Waals surface area contributed by atoms with Crippen LogP contribution in [0.1, 0.15) is 29.5 Å². The summed E-state index contributed by atoms with van der Waals surface area (Å²) >= 11 is 0. The molecule has 0 radical (unpaired) electrons. The van der Waals surface area contributed by atoms with Crippen molar-refractivity contribution in [2.75, 3.05) is 11.4 Å². The van der Waals surface area contributed by atoms with Gasteiger partial charge in [0.05, 0.1) is 0 Å². The van der Waals surface area contributed by atoms with Crippen molar-refractivity contribution >= 4 is 11.4 Å². The summed E-state index contributed by atoms with van der Waals surface area (Å²) in [5.74, 6) is 0. The number of nitrogens with two attached hydrogens (primary N) is 1. The SMILES string of the molecule is Cc1c(N2CCCCc3ccc(CN)cc32)c(=O)c1=O. The third-order valence-electron chi connectivity index (χ3n) is 4.14. The molecule has 0 saturated heterocycles. The molecule has 1 aliphatic heterocycles. The van der Waals surface area contributed by atoms with Crippen molar-refractivity contribution in [1.29, 1.82) is 0 Å². The van der Waals surface area contributed by atoms with E-state index in [4.69, 9.17) is 5.73 Å². The van der Waals surface area contributed by atoms with E-state index in [1.165, 1.54) is 5.56 Å². The maximum absolute atomic E-state index is 11.9. The van der Waals surface area contributed by atoms with Crippen molar-refractivity contribution in [3.05, 3.63) is 55.3 Å². The van der Waals surface area contributed by atoms with Gasteiger partial charge in [-0.3, -0.25) is 9.59 Å². The molecule has 1 heterocycles. The van der Waals surface area contributed by atoms with Gasteiger partial charge >= 0.3 is 0 Å². The van der Waals surface area contributed by atoms with Crippen molar-refractivity contribution < 1.29 is 0 Å². The fourth-order valence-electron chi connectivity index (χ4n) is 2.96. The normalized spacial score (nSPS) is 15.2. The highest BCUT2D eigenvalue weighted by Crippen LogP contribution is 2.33. The molecule has 0 aromatic heterocycles. The predicted molar refractivity (Wildman–Crippen MR) is 80.4 cm³/mol. The van der Waals surface area contributed by atoms with Crippen LogP contribution in [0.2, 0.25) is 0 Å². The largest absolute Gasteiger partial charge is 0.338 e.